The van der Waals surface area contributed by atoms with Crippen LogP contribution in [0.5, 0.6) is 0 Å². The van der Waals surface area contributed by atoms with Crippen molar-refractivity contribution in [3.8, 4) is 0 Å². The van der Waals surface area contributed by atoms with Gasteiger partial charge in [0.25, 0.3) is 0 Å². The van der Waals surface area contributed by atoms with Crippen LogP contribution in [0.2, 0.25) is 0 Å². The van der Waals surface area contributed by atoms with E-state index in [1.165, 1.54) is 12.1 Å². The van der Waals surface area contributed by atoms with Crippen molar-refractivity contribution in [1.29, 1.82) is 0 Å². The molecule has 7 heteroatoms. The molecule has 0 saturated heterocycles. The van der Waals surface area contributed by atoms with Crippen molar-refractivity contribution in [2.45, 2.75) is 13.8 Å². The zero-order valence-corrected chi connectivity index (χ0v) is 14.9. The summed E-state index contributed by atoms with van der Waals surface area (Å²) in [7, 11) is 0. The molecule has 2 N–H and O–H groups in total. The number of nitrogens with one attached hydrogen (secondary N) is 2. The van der Waals surface area contributed by atoms with E-state index < -0.39 is 0 Å². The molecule has 0 fully saturated rings. The number of anilines is 4. The third-order valence-electron chi connectivity index (χ3n) is 4.08. The van der Waals surface area contributed by atoms with Gasteiger partial charge in [-0.3, -0.25) is 0 Å². The predicted molar refractivity (Wildman–Crippen MR) is 104 cm³/mol. The fraction of sp³-hybridized carbons (Fsp3) is 0.100. The van der Waals surface area contributed by atoms with Gasteiger partial charge < -0.3 is 10.6 Å². The van der Waals surface area contributed by atoms with Crippen molar-refractivity contribution >= 4 is 34.3 Å². The molecule has 2 aromatic carbocycles. The van der Waals surface area contributed by atoms with E-state index in [1.54, 1.807) is 24.5 Å². The van der Waals surface area contributed by atoms with Crippen molar-refractivity contribution in [1.82, 2.24) is 19.9 Å². The molecule has 134 valence electrons. The van der Waals surface area contributed by atoms with Crippen LogP contribution in [0.4, 0.5) is 27.5 Å². The van der Waals surface area contributed by atoms with Crippen molar-refractivity contribution in [3.63, 3.8) is 0 Å². The Morgan fingerprint density at radius 3 is 2.44 bits per heavy atom. The molecular formula is C20H17FN6. The second-order valence-electron chi connectivity index (χ2n) is 6.20. The van der Waals surface area contributed by atoms with Gasteiger partial charge in [-0.1, -0.05) is 12.1 Å². The van der Waals surface area contributed by atoms with Gasteiger partial charge in [-0.2, -0.15) is 9.97 Å². The van der Waals surface area contributed by atoms with Gasteiger partial charge in [0.2, 0.25) is 5.95 Å². The lowest BCUT2D eigenvalue weighted by atomic mass is 10.1. The van der Waals surface area contributed by atoms with Crippen LogP contribution in [-0.4, -0.2) is 19.9 Å². The summed E-state index contributed by atoms with van der Waals surface area (Å²) in [6.07, 6.45) is 3.19. The number of fused-ring (bicyclic) bond motifs is 1. The summed E-state index contributed by atoms with van der Waals surface area (Å²) in [4.78, 5) is 17.6. The lowest BCUT2D eigenvalue weighted by molar-refractivity contribution is 0.628. The second kappa shape index (κ2) is 6.95. The minimum absolute atomic E-state index is 0.303. The Hall–Kier alpha value is -3.61. The highest BCUT2D eigenvalue weighted by Crippen LogP contribution is 2.26. The number of rotatable bonds is 4. The number of nitrogens with zero attached hydrogens (tertiary/aromatic N) is 4. The number of aromatic nitrogens is 4. The Balaban J connectivity index is 1.76. The Kier molecular flexibility index (Phi) is 4.33. The topological polar surface area (TPSA) is 75.6 Å². The Morgan fingerprint density at radius 1 is 0.852 bits per heavy atom. The summed E-state index contributed by atoms with van der Waals surface area (Å²) in [5, 5.41) is 6.42. The Bertz CT molecular complexity index is 1110. The first-order chi connectivity index (χ1) is 13.1. The quantitative estimate of drug-likeness (QED) is 0.551. The summed E-state index contributed by atoms with van der Waals surface area (Å²) < 4.78 is 13.1. The van der Waals surface area contributed by atoms with E-state index in [-0.39, 0.29) is 5.82 Å². The molecule has 0 aliphatic rings. The molecule has 0 bridgehead atoms. The molecule has 0 radical (unpaired) electrons. The van der Waals surface area contributed by atoms with Crippen LogP contribution in [0.15, 0.2) is 54.9 Å². The fourth-order valence-electron chi connectivity index (χ4n) is 2.67. The number of hydrogen-bond acceptors (Lipinski definition) is 6. The highest BCUT2D eigenvalue weighted by atomic mass is 19.1. The molecule has 0 unspecified atom stereocenters. The van der Waals surface area contributed by atoms with E-state index in [0.29, 0.717) is 28.6 Å². The van der Waals surface area contributed by atoms with Crippen LogP contribution in [0.1, 0.15) is 11.1 Å². The van der Waals surface area contributed by atoms with Gasteiger partial charge in [-0.05, 0) is 55.3 Å². The van der Waals surface area contributed by atoms with E-state index in [0.717, 1.165) is 16.8 Å². The zero-order chi connectivity index (χ0) is 18.8. The first kappa shape index (κ1) is 16.8. The van der Waals surface area contributed by atoms with Crippen LogP contribution in [0.3, 0.4) is 0 Å². The zero-order valence-electron chi connectivity index (χ0n) is 14.9. The molecule has 0 aliphatic carbocycles. The molecule has 0 saturated carbocycles. The monoisotopic (exact) mass is 360 g/mol. The number of hydrogen-bond donors (Lipinski definition) is 2. The minimum atomic E-state index is -0.303. The molecule has 4 aromatic rings. The first-order valence-electron chi connectivity index (χ1n) is 8.44. The average Bonchev–Trinajstić information content (AvgIpc) is 2.66. The molecule has 6 nitrogen and oxygen atoms in total. The van der Waals surface area contributed by atoms with Crippen molar-refractivity contribution in [3.05, 3.63) is 71.8 Å². The average molecular weight is 360 g/mol. The summed E-state index contributed by atoms with van der Waals surface area (Å²) in [5.74, 6) is 0.594. The summed E-state index contributed by atoms with van der Waals surface area (Å²) in [6.45, 7) is 4.05. The lowest BCUT2D eigenvalue weighted by Crippen LogP contribution is -2.05. The van der Waals surface area contributed by atoms with Crippen molar-refractivity contribution < 1.29 is 4.39 Å². The Labute approximate surface area is 155 Å². The lowest BCUT2D eigenvalue weighted by Gasteiger charge is -2.13. The molecular weight excluding hydrogens is 343 g/mol. The number of halogens is 1. The van der Waals surface area contributed by atoms with Crippen LogP contribution < -0.4 is 10.6 Å². The van der Waals surface area contributed by atoms with Crippen LogP contribution in [0.25, 0.3) is 11.2 Å². The first-order valence-corrected chi connectivity index (χ1v) is 8.44. The smallest absolute Gasteiger partial charge is 0.231 e. The van der Waals surface area contributed by atoms with Gasteiger partial charge in [-0.25, -0.2) is 14.4 Å². The second-order valence-corrected chi connectivity index (χ2v) is 6.20. The minimum Gasteiger partial charge on any atom is -0.338 e. The highest BCUT2D eigenvalue weighted by Gasteiger charge is 2.12. The summed E-state index contributed by atoms with van der Waals surface area (Å²) in [6, 6.07) is 12.1. The summed E-state index contributed by atoms with van der Waals surface area (Å²) >= 11 is 0. The van der Waals surface area contributed by atoms with E-state index in [9.17, 15) is 4.39 Å². The van der Waals surface area contributed by atoms with Crippen LogP contribution in [-0.2, 0) is 0 Å². The molecule has 4 rings (SSSR count). The maximum Gasteiger partial charge on any atom is 0.231 e. The van der Waals surface area contributed by atoms with E-state index >= 15 is 0 Å². The number of aryl methyl sites for hydroxylation is 2. The SMILES string of the molecule is Cc1ccc(C)c(Nc2nc(Nc3ccc(F)cc3)nc3nccnc23)c1. The predicted octanol–water partition coefficient (Wildman–Crippen LogP) is 4.66. The standard InChI is InChI=1S/C20H17FN6/c1-12-3-4-13(2)16(11-12)25-19-17-18(23-10-9-22-17)26-20(27-19)24-15-7-5-14(21)6-8-15/h3-11H,1-2H3,(H2,23,24,25,26,27). The normalized spacial score (nSPS) is 10.8. The third-order valence-corrected chi connectivity index (χ3v) is 4.08. The fourth-order valence-corrected chi connectivity index (χ4v) is 2.67. The maximum absolute atomic E-state index is 13.1. The van der Waals surface area contributed by atoms with Gasteiger partial charge in [0.15, 0.2) is 17.0 Å². The largest absolute Gasteiger partial charge is 0.338 e. The molecule has 27 heavy (non-hydrogen) atoms. The summed E-state index contributed by atoms with van der Waals surface area (Å²) in [5.41, 5.74) is 4.88. The van der Waals surface area contributed by atoms with E-state index in [4.69, 9.17) is 0 Å². The van der Waals surface area contributed by atoms with Gasteiger partial charge in [0, 0.05) is 23.8 Å². The molecule has 0 spiro atoms. The molecule has 0 atom stereocenters. The highest BCUT2D eigenvalue weighted by molar-refractivity contribution is 5.86. The van der Waals surface area contributed by atoms with Gasteiger partial charge in [0.1, 0.15) is 5.82 Å². The van der Waals surface area contributed by atoms with Crippen LogP contribution in [0, 0.1) is 19.7 Å². The maximum atomic E-state index is 13.1. The molecule has 2 aromatic heterocycles. The van der Waals surface area contributed by atoms with Crippen molar-refractivity contribution in [2.24, 2.45) is 0 Å². The third kappa shape index (κ3) is 3.67. The molecule has 0 aliphatic heterocycles. The molecule has 2 heterocycles. The van der Waals surface area contributed by atoms with Crippen molar-refractivity contribution in [2.75, 3.05) is 10.6 Å². The van der Waals surface area contributed by atoms with Gasteiger partial charge >= 0.3 is 0 Å². The van der Waals surface area contributed by atoms with Crippen LogP contribution >= 0.6 is 0 Å². The van der Waals surface area contributed by atoms with Gasteiger partial charge in [0.05, 0.1) is 0 Å². The number of benzene rings is 2. The Morgan fingerprint density at radius 2 is 1.63 bits per heavy atom. The van der Waals surface area contributed by atoms with E-state index in [2.05, 4.69) is 36.6 Å². The van der Waals surface area contributed by atoms with E-state index in [1.807, 2.05) is 26.0 Å². The molecule has 0 amide bonds. The van der Waals surface area contributed by atoms with Gasteiger partial charge in [-0.15, -0.1) is 0 Å².